The molecule has 0 aliphatic rings. The molecule has 15 heavy (non-hydrogen) atoms. The molecular formula is C8H12N6O. The van der Waals surface area contributed by atoms with E-state index < -0.39 is 0 Å². The third-order valence-corrected chi connectivity index (χ3v) is 1.82. The predicted octanol–water partition coefficient (Wildman–Crippen LogP) is -0.492. The molecule has 0 atom stereocenters. The van der Waals surface area contributed by atoms with Gasteiger partial charge in [-0.2, -0.15) is 0 Å². The molecule has 7 heteroatoms. The summed E-state index contributed by atoms with van der Waals surface area (Å²) in [4.78, 5) is 0. The highest BCUT2D eigenvalue weighted by Gasteiger charge is 2.00. The molecule has 2 aromatic rings. The van der Waals surface area contributed by atoms with Crippen LogP contribution in [0.4, 0.5) is 0 Å². The average molecular weight is 208 g/mol. The van der Waals surface area contributed by atoms with E-state index in [0.29, 0.717) is 18.1 Å². The van der Waals surface area contributed by atoms with Crippen molar-refractivity contribution in [3.8, 4) is 5.88 Å². The first-order valence-electron chi connectivity index (χ1n) is 4.79. The van der Waals surface area contributed by atoms with Gasteiger partial charge in [0.15, 0.2) is 5.65 Å². The van der Waals surface area contributed by atoms with Crippen molar-refractivity contribution in [1.29, 1.82) is 0 Å². The van der Waals surface area contributed by atoms with Crippen molar-refractivity contribution in [1.82, 2.24) is 30.6 Å². The highest BCUT2D eigenvalue weighted by Crippen LogP contribution is 2.05. The van der Waals surface area contributed by atoms with E-state index in [2.05, 4.69) is 25.9 Å². The van der Waals surface area contributed by atoms with Crippen molar-refractivity contribution >= 4 is 5.65 Å². The smallest absolute Gasteiger partial charge is 0.233 e. The van der Waals surface area contributed by atoms with Gasteiger partial charge in [0.25, 0.3) is 0 Å². The SMILES string of the molecule is CCNCCOc1ccc2nnnn2n1. The molecular weight excluding hydrogens is 196 g/mol. The van der Waals surface area contributed by atoms with E-state index in [4.69, 9.17) is 4.74 Å². The summed E-state index contributed by atoms with van der Waals surface area (Å²) in [6.45, 7) is 4.36. The number of nitrogens with zero attached hydrogens (tertiary/aromatic N) is 5. The predicted molar refractivity (Wildman–Crippen MR) is 52.6 cm³/mol. The monoisotopic (exact) mass is 208 g/mol. The van der Waals surface area contributed by atoms with E-state index in [-0.39, 0.29) is 0 Å². The number of nitrogens with one attached hydrogen (secondary N) is 1. The van der Waals surface area contributed by atoms with Gasteiger partial charge in [0, 0.05) is 12.6 Å². The average Bonchev–Trinajstić information content (AvgIpc) is 2.71. The maximum Gasteiger partial charge on any atom is 0.233 e. The van der Waals surface area contributed by atoms with Crippen LogP contribution in [0.3, 0.4) is 0 Å². The van der Waals surface area contributed by atoms with Crippen LogP contribution >= 0.6 is 0 Å². The zero-order valence-corrected chi connectivity index (χ0v) is 8.42. The van der Waals surface area contributed by atoms with Gasteiger partial charge in [0.1, 0.15) is 6.61 Å². The molecule has 0 amide bonds. The van der Waals surface area contributed by atoms with E-state index >= 15 is 0 Å². The van der Waals surface area contributed by atoms with Gasteiger partial charge in [-0.05, 0) is 23.0 Å². The van der Waals surface area contributed by atoms with E-state index in [1.165, 1.54) is 4.63 Å². The first-order valence-corrected chi connectivity index (χ1v) is 4.79. The van der Waals surface area contributed by atoms with Crippen LogP contribution in [0.5, 0.6) is 5.88 Å². The van der Waals surface area contributed by atoms with Crippen molar-refractivity contribution in [3.05, 3.63) is 12.1 Å². The standard InChI is InChI=1S/C8H12N6O/c1-2-9-5-6-15-8-4-3-7-10-12-13-14(7)11-8/h3-4,9H,2,5-6H2,1H3. The van der Waals surface area contributed by atoms with Gasteiger partial charge < -0.3 is 10.1 Å². The second-order valence-corrected chi connectivity index (χ2v) is 2.90. The molecule has 0 aliphatic heterocycles. The number of likely N-dealkylation sites (N-methyl/N-ethyl adjacent to an activating group) is 1. The number of ether oxygens (including phenoxy) is 1. The molecule has 80 valence electrons. The molecule has 0 bridgehead atoms. The molecule has 7 nitrogen and oxygen atoms in total. The molecule has 0 saturated heterocycles. The molecule has 0 unspecified atom stereocenters. The summed E-state index contributed by atoms with van der Waals surface area (Å²) < 4.78 is 6.73. The molecule has 0 radical (unpaired) electrons. The summed E-state index contributed by atoms with van der Waals surface area (Å²) in [5.74, 6) is 0.521. The van der Waals surface area contributed by atoms with E-state index in [0.717, 1.165) is 13.1 Å². The maximum absolute atomic E-state index is 5.40. The zero-order valence-electron chi connectivity index (χ0n) is 8.42. The summed E-state index contributed by atoms with van der Waals surface area (Å²) in [5, 5.41) is 18.1. The third kappa shape index (κ3) is 2.38. The first-order chi connectivity index (χ1) is 7.40. The minimum absolute atomic E-state index is 0.521. The van der Waals surface area contributed by atoms with Crippen LogP contribution < -0.4 is 10.1 Å². The number of aromatic nitrogens is 5. The summed E-state index contributed by atoms with van der Waals surface area (Å²) >= 11 is 0. The Labute approximate surface area is 86.4 Å². The van der Waals surface area contributed by atoms with Gasteiger partial charge >= 0.3 is 0 Å². The van der Waals surface area contributed by atoms with E-state index in [1.807, 2.05) is 6.92 Å². The number of rotatable bonds is 5. The van der Waals surface area contributed by atoms with Crippen LogP contribution in [0.2, 0.25) is 0 Å². The molecule has 0 spiro atoms. The summed E-state index contributed by atoms with van der Waals surface area (Å²) in [6, 6.07) is 3.51. The highest BCUT2D eigenvalue weighted by molar-refractivity contribution is 5.34. The Morgan fingerprint density at radius 2 is 2.40 bits per heavy atom. The first kappa shape index (κ1) is 9.78. The molecule has 0 aromatic carbocycles. The van der Waals surface area contributed by atoms with Crippen molar-refractivity contribution in [2.45, 2.75) is 6.92 Å². The Kier molecular flexibility index (Phi) is 3.03. The molecule has 2 aromatic heterocycles. The van der Waals surface area contributed by atoms with Gasteiger partial charge in [-0.1, -0.05) is 6.92 Å². The highest BCUT2D eigenvalue weighted by atomic mass is 16.5. The lowest BCUT2D eigenvalue weighted by Crippen LogP contribution is -2.20. The molecule has 0 aliphatic carbocycles. The Morgan fingerprint density at radius 3 is 3.27 bits per heavy atom. The van der Waals surface area contributed by atoms with Crippen LogP contribution in [0.1, 0.15) is 6.92 Å². The second kappa shape index (κ2) is 4.65. The Morgan fingerprint density at radius 1 is 1.47 bits per heavy atom. The Bertz CT molecular complexity index is 428. The number of hydrogen-bond donors (Lipinski definition) is 1. The summed E-state index contributed by atoms with van der Waals surface area (Å²) in [7, 11) is 0. The normalized spacial score (nSPS) is 10.7. The lowest BCUT2D eigenvalue weighted by atomic mass is 10.5. The fourth-order valence-electron chi connectivity index (χ4n) is 1.11. The molecule has 1 N–H and O–H groups in total. The summed E-state index contributed by atoms with van der Waals surface area (Å²) in [6.07, 6.45) is 0. The van der Waals surface area contributed by atoms with Crippen LogP contribution in [0.15, 0.2) is 12.1 Å². The Balaban J connectivity index is 1.96. The fraction of sp³-hybridized carbons (Fsp3) is 0.500. The number of hydrogen-bond acceptors (Lipinski definition) is 6. The van der Waals surface area contributed by atoms with Gasteiger partial charge in [0.05, 0.1) is 0 Å². The topological polar surface area (TPSA) is 77.2 Å². The quantitative estimate of drug-likeness (QED) is 0.668. The number of fused-ring (bicyclic) bond motifs is 1. The minimum atomic E-state index is 0.521. The second-order valence-electron chi connectivity index (χ2n) is 2.90. The van der Waals surface area contributed by atoms with Crippen molar-refractivity contribution in [2.24, 2.45) is 0 Å². The van der Waals surface area contributed by atoms with Crippen LogP contribution in [0.25, 0.3) is 5.65 Å². The minimum Gasteiger partial charge on any atom is -0.475 e. The van der Waals surface area contributed by atoms with Gasteiger partial charge in [-0.3, -0.25) is 0 Å². The third-order valence-electron chi connectivity index (χ3n) is 1.82. The van der Waals surface area contributed by atoms with E-state index in [9.17, 15) is 0 Å². The van der Waals surface area contributed by atoms with Gasteiger partial charge in [0.2, 0.25) is 5.88 Å². The zero-order chi connectivity index (χ0) is 10.5. The molecule has 2 heterocycles. The molecule has 2 rings (SSSR count). The van der Waals surface area contributed by atoms with Crippen molar-refractivity contribution < 1.29 is 4.74 Å². The van der Waals surface area contributed by atoms with E-state index in [1.54, 1.807) is 12.1 Å². The lowest BCUT2D eigenvalue weighted by molar-refractivity contribution is 0.297. The van der Waals surface area contributed by atoms with Crippen LogP contribution in [0, 0.1) is 0 Å². The van der Waals surface area contributed by atoms with Crippen LogP contribution in [-0.4, -0.2) is 45.0 Å². The lowest BCUT2D eigenvalue weighted by Gasteiger charge is -2.04. The molecule has 0 saturated carbocycles. The largest absolute Gasteiger partial charge is 0.475 e. The van der Waals surface area contributed by atoms with Gasteiger partial charge in [-0.15, -0.1) is 14.8 Å². The number of tetrazole rings is 1. The fourth-order valence-corrected chi connectivity index (χ4v) is 1.11. The van der Waals surface area contributed by atoms with Crippen molar-refractivity contribution in [3.63, 3.8) is 0 Å². The van der Waals surface area contributed by atoms with Crippen LogP contribution in [-0.2, 0) is 0 Å². The van der Waals surface area contributed by atoms with Crippen molar-refractivity contribution in [2.75, 3.05) is 19.7 Å². The summed E-state index contributed by atoms with van der Waals surface area (Å²) in [5.41, 5.74) is 0.606. The maximum atomic E-state index is 5.40. The molecule has 0 fully saturated rings. The Hall–Kier alpha value is -1.76. The van der Waals surface area contributed by atoms with Gasteiger partial charge in [-0.25, -0.2) is 0 Å².